The number of nitrogens with zero attached hydrogens (tertiary/aromatic N) is 2. The lowest BCUT2D eigenvalue weighted by atomic mass is 10.1. The molecule has 2 N–H and O–H groups in total. The normalized spacial score (nSPS) is 13.7. The summed E-state index contributed by atoms with van der Waals surface area (Å²) in [5.41, 5.74) is 7.91. The Kier molecular flexibility index (Phi) is 3.91. The summed E-state index contributed by atoms with van der Waals surface area (Å²) in [6.07, 6.45) is 2.72. The van der Waals surface area contributed by atoms with Gasteiger partial charge < -0.3 is 15.4 Å². The molecule has 1 aromatic carbocycles. The number of esters is 1. The lowest BCUT2D eigenvalue weighted by molar-refractivity contribution is 0.0601. The van der Waals surface area contributed by atoms with Crippen molar-refractivity contribution in [1.82, 2.24) is 0 Å². The minimum Gasteiger partial charge on any atom is -0.465 e. The van der Waals surface area contributed by atoms with E-state index in [1.54, 1.807) is 12.1 Å². The van der Waals surface area contributed by atoms with E-state index in [9.17, 15) is 4.79 Å². The molecule has 0 aliphatic heterocycles. The van der Waals surface area contributed by atoms with Crippen LogP contribution in [0.1, 0.15) is 29.6 Å². The molecule has 0 heterocycles. The summed E-state index contributed by atoms with van der Waals surface area (Å²) in [5, 5.41) is 8.71. The molecule has 5 nitrogen and oxygen atoms in total. The van der Waals surface area contributed by atoms with Crippen molar-refractivity contribution >= 4 is 17.3 Å². The predicted molar refractivity (Wildman–Crippen MR) is 72.8 cm³/mol. The summed E-state index contributed by atoms with van der Waals surface area (Å²) < 4.78 is 4.67. The Bertz CT molecular complexity index is 518. The largest absolute Gasteiger partial charge is 0.465 e. The molecular formula is C14H17N3O2. The molecule has 0 unspecified atom stereocenters. The molecule has 0 aromatic heterocycles. The minimum atomic E-state index is -0.395. The number of anilines is 2. The molecule has 0 saturated heterocycles. The third kappa shape index (κ3) is 2.97. The molecule has 0 amide bonds. The fraction of sp³-hybridized carbons (Fsp3) is 0.429. The van der Waals surface area contributed by atoms with E-state index in [0.717, 1.165) is 18.5 Å². The average Bonchev–Trinajstić information content (AvgIpc) is 3.24. The Balaban J connectivity index is 2.23. The average molecular weight is 259 g/mol. The Hall–Kier alpha value is -2.22. The van der Waals surface area contributed by atoms with Crippen molar-refractivity contribution in [2.75, 3.05) is 24.3 Å². The van der Waals surface area contributed by atoms with Gasteiger partial charge in [0.1, 0.15) is 0 Å². The van der Waals surface area contributed by atoms with Crippen LogP contribution in [0.15, 0.2) is 18.2 Å². The van der Waals surface area contributed by atoms with Gasteiger partial charge in [-0.1, -0.05) is 0 Å². The molecule has 0 spiro atoms. The van der Waals surface area contributed by atoms with Crippen LogP contribution in [0.2, 0.25) is 0 Å². The number of carbonyl (C=O) groups excluding carboxylic acids is 1. The van der Waals surface area contributed by atoms with E-state index in [2.05, 4.69) is 15.7 Å². The highest BCUT2D eigenvalue weighted by atomic mass is 16.5. The van der Waals surface area contributed by atoms with Crippen molar-refractivity contribution < 1.29 is 9.53 Å². The first-order valence-electron chi connectivity index (χ1n) is 6.28. The Morgan fingerprint density at radius 1 is 1.58 bits per heavy atom. The fourth-order valence-electron chi connectivity index (χ4n) is 2.12. The number of methoxy groups -OCH3 is 1. The zero-order chi connectivity index (χ0) is 13.8. The Morgan fingerprint density at radius 2 is 2.32 bits per heavy atom. The van der Waals surface area contributed by atoms with E-state index in [1.165, 1.54) is 7.11 Å². The summed E-state index contributed by atoms with van der Waals surface area (Å²) in [6.45, 7) is 0.670. The number of benzene rings is 1. The molecule has 1 aliphatic rings. The minimum absolute atomic E-state index is 0.395. The Labute approximate surface area is 112 Å². The van der Waals surface area contributed by atoms with Crippen molar-refractivity contribution in [3.05, 3.63) is 23.8 Å². The number of nitriles is 1. The number of ether oxygens (including phenoxy) is 1. The van der Waals surface area contributed by atoms with E-state index < -0.39 is 5.97 Å². The van der Waals surface area contributed by atoms with Crippen molar-refractivity contribution in [2.45, 2.75) is 25.3 Å². The molecule has 1 aliphatic carbocycles. The van der Waals surface area contributed by atoms with Crippen LogP contribution in [0.4, 0.5) is 11.4 Å². The van der Waals surface area contributed by atoms with Crippen LogP contribution in [-0.2, 0) is 4.74 Å². The van der Waals surface area contributed by atoms with Gasteiger partial charge in [-0.2, -0.15) is 5.26 Å². The van der Waals surface area contributed by atoms with Gasteiger partial charge in [-0.05, 0) is 31.0 Å². The molecular weight excluding hydrogens is 242 g/mol. The van der Waals surface area contributed by atoms with Crippen molar-refractivity contribution in [2.24, 2.45) is 0 Å². The number of hydrogen-bond acceptors (Lipinski definition) is 5. The summed E-state index contributed by atoms with van der Waals surface area (Å²) in [6, 6.07) is 7.79. The van der Waals surface area contributed by atoms with Gasteiger partial charge in [-0.3, -0.25) is 0 Å². The topological polar surface area (TPSA) is 79.3 Å². The SMILES string of the molecule is COC(=O)c1ccc(N(CCC#N)C2CC2)c(N)c1. The molecule has 0 radical (unpaired) electrons. The predicted octanol–water partition coefficient (Wildman–Crippen LogP) is 1.94. The van der Waals surface area contributed by atoms with Gasteiger partial charge >= 0.3 is 5.97 Å². The standard InChI is InChI=1S/C14H17N3O2/c1-19-14(18)10-3-6-13(12(16)9-10)17(8-2-7-15)11-4-5-11/h3,6,9,11H,2,4-5,8,16H2,1H3. The number of nitrogens with two attached hydrogens (primary N) is 1. The smallest absolute Gasteiger partial charge is 0.337 e. The third-order valence-electron chi connectivity index (χ3n) is 3.21. The van der Waals surface area contributed by atoms with Crippen molar-refractivity contribution in [1.29, 1.82) is 5.26 Å². The molecule has 1 aromatic rings. The highest BCUT2D eigenvalue weighted by Gasteiger charge is 2.30. The van der Waals surface area contributed by atoms with Gasteiger partial charge in [0.25, 0.3) is 0 Å². The second kappa shape index (κ2) is 5.61. The molecule has 2 rings (SSSR count). The van der Waals surface area contributed by atoms with Crippen LogP contribution in [0.5, 0.6) is 0 Å². The number of carbonyl (C=O) groups is 1. The first kappa shape index (κ1) is 13.2. The summed E-state index contributed by atoms with van der Waals surface area (Å²) >= 11 is 0. The summed E-state index contributed by atoms with van der Waals surface area (Å²) in [5.74, 6) is -0.395. The maximum atomic E-state index is 11.4. The van der Waals surface area contributed by atoms with Gasteiger partial charge in [0.2, 0.25) is 0 Å². The van der Waals surface area contributed by atoms with Crippen LogP contribution in [-0.4, -0.2) is 25.7 Å². The van der Waals surface area contributed by atoms with Crippen molar-refractivity contribution in [3.8, 4) is 6.07 Å². The van der Waals surface area contributed by atoms with Crippen LogP contribution >= 0.6 is 0 Å². The highest BCUT2D eigenvalue weighted by molar-refractivity contribution is 5.92. The maximum absolute atomic E-state index is 11.4. The second-order valence-corrected chi connectivity index (χ2v) is 4.60. The summed E-state index contributed by atoms with van der Waals surface area (Å²) in [7, 11) is 1.34. The molecule has 5 heteroatoms. The quantitative estimate of drug-likeness (QED) is 0.645. The highest BCUT2D eigenvalue weighted by Crippen LogP contribution is 2.35. The second-order valence-electron chi connectivity index (χ2n) is 4.60. The summed E-state index contributed by atoms with van der Waals surface area (Å²) in [4.78, 5) is 13.6. The molecule has 1 fully saturated rings. The van der Waals surface area contributed by atoms with Gasteiger partial charge in [0.05, 0.1) is 36.5 Å². The van der Waals surface area contributed by atoms with Crippen LogP contribution < -0.4 is 10.6 Å². The fourth-order valence-corrected chi connectivity index (χ4v) is 2.12. The Morgan fingerprint density at radius 3 is 2.84 bits per heavy atom. The zero-order valence-corrected chi connectivity index (χ0v) is 10.9. The monoisotopic (exact) mass is 259 g/mol. The molecule has 0 bridgehead atoms. The molecule has 100 valence electrons. The zero-order valence-electron chi connectivity index (χ0n) is 10.9. The molecule has 19 heavy (non-hydrogen) atoms. The molecule has 1 saturated carbocycles. The van der Waals surface area contributed by atoms with Gasteiger partial charge in [0.15, 0.2) is 0 Å². The van der Waals surface area contributed by atoms with Gasteiger partial charge in [-0.25, -0.2) is 4.79 Å². The van der Waals surface area contributed by atoms with E-state index in [-0.39, 0.29) is 0 Å². The van der Waals surface area contributed by atoms with Crippen LogP contribution in [0.25, 0.3) is 0 Å². The van der Waals surface area contributed by atoms with E-state index in [1.807, 2.05) is 6.07 Å². The van der Waals surface area contributed by atoms with Crippen molar-refractivity contribution in [3.63, 3.8) is 0 Å². The lowest BCUT2D eigenvalue weighted by Crippen LogP contribution is -2.27. The number of nitrogen functional groups attached to an aromatic ring is 1. The van der Waals surface area contributed by atoms with E-state index >= 15 is 0 Å². The first-order valence-corrected chi connectivity index (χ1v) is 6.28. The lowest BCUT2D eigenvalue weighted by Gasteiger charge is -2.25. The van der Waals surface area contributed by atoms with Gasteiger partial charge in [0, 0.05) is 12.6 Å². The van der Waals surface area contributed by atoms with Crippen LogP contribution in [0, 0.1) is 11.3 Å². The van der Waals surface area contributed by atoms with Gasteiger partial charge in [-0.15, -0.1) is 0 Å². The number of hydrogen-bond donors (Lipinski definition) is 1. The van der Waals surface area contributed by atoms with E-state index in [0.29, 0.717) is 30.3 Å². The maximum Gasteiger partial charge on any atom is 0.337 e. The molecule has 0 atom stereocenters. The van der Waals surface area contributed by atoms with E-state index in [4.69, 9.17) is 11.0 Å². The first-order chi connectivity index (χ1) is 9.17. The van der Waals surface area contributed by atoms with Crippen LogP contribution in [0.3, 0.4) is 0 Å². The number of rotatable bonds is 5. The third-order valence-corrected chi connectivity index (χ3v) is 3.21.